The Balaban J connectivity index is 3.54. The number of aliphatic carboxylic acids is 1. The zero-order valence-electron chi connectivity index (χ0n) is 13.4. The molecule has 1 aromatic carbocycles. The number of ether oxygens (including phenoxy) is 2. The second-order valence-electron chi connectivity index (χ2n) is 6.18. The van der Waals surface area contributed by atoms with Crippen molar-refractivity contribution in [2.24, 2.45) is 0 Å². The second-order valence-corrected chi connectivity index (χ2v) is 6.18. The van der Waals surface area contributed by atoms with E-state index in [0.29, 0.717) is 22.6 Å². The number of carboxylic acid groups (broad SMARTS) is 1. The molecule has 0 aliphatic carbocycles. The third kappa shape index (κ3) is 3.86. The van der Waals surface area contributed by atoms with Crippen LogP contribution in [-0.2, 0) is 15.9 Å². The molecule has 5 heteroatoms. The molecule has 0 radical (unpaired) electrons. The summed E-state index contributed by atoms with van der Waals surface area (Å²) in [6, 6.07) is 3.25. The van der Waals surface area contributed by atoms with Crippen LogP contribution in [0.25, 0.3) is 0 Å². The third-order valence-corrected chi connectivity index (χ3v) is 3.48. The van der Waals surface area contributed by atoms with Gasteiger partial charge >= 0.3 is 5.97 Å². The maximum absolute atomic E-state index is 14.4. The Morgan fingerprint density at radius 1 is 1.10 bits per heavy atom. The van der Waals surface area contributed by atoms with Crippen LogP contribution >= 0.6 is 0 Å². The summed E-state index contributed by atoms with van der Waals surface area (Å²) in [5.74, 6) is -0.0424. The lowest BCUT2D eigenvalue weighted by atomic mass is 9.79. The van der Waals surface area contributed by atoms with Crippen LogP contribution in [0, 0.1) is 0 Å². The summed E-state index contributed by atoms with van der Waals surface area (Å²) < 4.78 is 25.0. The number of rotatable bonds is 6. The zero-order chi connectivity index (χ0) is 16.4. The van der Waals surface area contributed by atoms with E-state index in [1.807, 2.05) is 0 Å². The van der Waals surface area contributed by atoms with Crippen molar-refractivity contribution in [1.82, 2.24) is 0 Å². The van der Waals surface area contributed by atoms with Crippen molar-refractivity contribution < 1.29 is 23.8 Å². The van der Waals surface area contributed by atoms with Gasteiger partial charge in [0.05, 0.1) is 20.6 Å². The van der Waals surface area contributed by atoms with Crippen LogP contribution in [0.2, 0.25) is 0 Å². The van der Waals surface area contributed by atoms with Crippen LogP contribution in [0.4, 0.5) is 4.39 Å². The van der Waals surface area contributed by atoms with Crippen molar-refractivity contribution >= 4 is 5.97 Å². The number of hydrogen-bond donors (Lipinski definition) is 1. The fourth-order valence-corrected chi connectivity index (χ4v) is 2.37. The van der Waals surface area contributed by atoms with Crippen LogP contribution < -0.4 is 9.47 Å². The van der Waals surface area contributed by atoms with E-state index in [1.165, 1.54) is 28.1 Å². The van der Waals surface area contributed by atoms with Crippen LogP contribution in [-0.4, -0.2) is 25.3 Å². The van der Waals surface area contributed by atoms with Gasteiger partial charge in [0.1, 0.15) is 17.2 Å². The van der Waals surface area contributed by atoms with Gasteiger partial charge in [-0.1, -0.05) is 13.8 Å². The van der Waals surface area contributed by atoms with Gasteiger partial charge in [0, 0.05) is 22.6 Å². The molecule has 0 atom stereocenters. The van der Waals surface area contributed by atoms with Gasteiger partial charge in [-0.05, 0) is 19.9 Å². The summed E-state index contributed by atoms with van der Waals surface area (Å²) in [6.07, 6.45) is -0.0815. The highest BCUT2D eigenvalue weighted by atomic mass is 19.1. The monoisotopic (exact) mass is 298 g/mol. The smallest absolute Gasteiger partial charge is 0.304 e. The molecule has 118 valence electrons. The van der Waals surface area contributed by atoms with E-state index in [-0.39, 0.29) is 6.42 Å². The number of alkyl halides is 1. The molecule has 0 bridgehead atoms. The van der Waals surface area contributed by atoms with E-state index in [4.69, 9.17) is 14.6 Å². The highest BCUT2D eigenvalue weighted by Crippen LogP contribution is 2.42. The fraction of sp³-hybridized carbons (Fsp3) is 0.562. The van der Waals surface area contributed by atoms with Gasteiger partial charge in [-0.25, -0.2) is 4.39 Å². The fourth-order valence-electron chi connectivity index (χ4n) is 2.37. The summed E-state index contributed by atoms with van der Waals surface area (Å²) in [7, 11) is 2.96. The first kappa shape index (κ1) is 17.3. The molecule has 0 heterocycles. The molecule has 1 rings (SSSR count). The quantitative estimate of drug-likeness (QED) is 0.870. The SMILES string of the molecule is COc1cc(OC)c(C(C)(C)CC(=O)O)cc1C(C)(C)F. The van der Waals surface area contributed by atoms with Gasteiger partial charge in [-0.3, -0.25) is 4.79 Å². The van der Waals surface area contributed by atoms with Gasteiger partial charge in [-0.15, -0.1) is 0 Å². The molecule has 0 amide bonds. The van der Waals surface area contributed by atoms with Crippen LogP contribution in [0.15, 0.2) is 12.1 Å². The number of methoxy groups -OCH3 is 2. The first-order valence-corrected chi connectivity index (χ1v) is 6.70. The maximum atomic E-state index is 14.4. The predicted molar refractivity (Wildman–Crippen MR) is 79.0 cm³/mol. The molecule has 0 aromatic heterocycles. The molecule has 21 heavy (non-hydrogen) atoms. The molecule has 0 aliphatic rings. The molecule has 1 N–H and O–H groups in total. The number of halogens is 1. The van der Waals surface area contributed by atoms with Crippen LogP contribution in [0.1, 0.15) is 45.2 Å². The van der Waals surface area contributed by atoms with Gasteiger partial charge in [0.2, 0.25) is 0 Å². The second kappa shape index (κ2) is 5.92. The highest BCUT2D eigenvalue weighted by Gasteiger charge is 2.32. The Kier molecular flexibility index (Phi) is 4.87. The minimum Gasteiger partial charge on any atom is -0.496 e. The Labute approximate surface area is 124 Å². The molecule has 0 fully saturated rings. The van der Waals surface area contributed by atoms with E-state index in [9.17, 15) is 9.18 Å². The van der Waals surface area contributed by atoms with Crippen molar-refractivity contribution in [3.05, 3.63) is 23.3 Å². The molecule has 4 nitrogen and oxygen atoms in total. The normalized spacial score (nSPS) is 12.1. The Bertz CT molecular complexity index is 530. The minimum absolute atomic E-state index is 0.0815. The molecular weight excluding hydrogens is 275 g/mol. The zero-order valence-corrected chi connectivity index (χ0v) is 13.4. The average Bonchev–Trinajstić information content (AvgIpc) is 2.34. The predicted octanol–water partition coefficient (Wildman–Crippen LogP) is 3.66. The Hall–Kier alpha value is -1.78. The minimum atomic E-state index is -1.61. The van der Waals surface area contributed by atoms with Crippen molar-refractivity contribution in [3.8, 4) is 11.5 Å². The topological polar surface area (TPSA) is 55.8 Å². The molecule has 0 aliphatic heterocycles. The molecular formula is C16H23FO4. The van der Waals surface area contributed by atoms with Gasteiger partial charge in [-0.2, -0.15) is 0 Å². The largest absolute Gasteiger partial charge is 0.496 e. The van der Waals surface area contributed by atoms with Gasteiger partial charge in [0.25, 0.3) is 0 Å². The summed E-state index contributed by atoms with van der Waals surface area (Å²) >= 11 is 0. The Morgan fingerprint density at radius 3 is 1.95 bits per heavy atom. The number of hydrogen-bond acceptors (Lipinski definition) is 3. The van der Waals surface area contributed by atoms with Crippen LogP contribution in [0.3, 0.4) is 0 Å². The van der Waals surface area contributed by atoms with Crippen molar-refractivity contribution in [2.45, 2.75) is 45.2 Å². The standard InChI is InChI=1S/C16H23FO4/c1-15(2,9-14(18)19)10-7-11(16(3,4)17)13(21-6)8-12(10)20-5/h7-8H,9H2,1-6H3,(H,18,19). The summed E-state index contributed by atoms with van der Waals surface area (Å²) in [5.41, 5.74) is -1.28. The lowest BCUT2D eigenvalue weighted by Gasteiger charge is -2.28. The molecule has 1 aromatic rings. The van der Waals surface area contributed by atoms with E-state index >= 15 is 0 Å². The average molecular weight is 298 g/mol. The number of carboxylic acids is 1. The first-order chi connectivity index (χ1) is 9.52. The van der Waals surface area contributed by atoms with Crippen LogP contribution in [0.5, 0.6) is 11.5 Å². The van der Waals surface area contributed by atoms with E-state index in [2.05, 4.69) is 0 Å². The van der Waals surface area contributed by atoms with Crippen molar-refractivity contribution in [2.75, 3.05) is 14.2 Å². The van der Waals surface area contributed by atoms with Gasteiger partial charge in [0.15, 0.2) is 0 Å². The summed E-state index contributed by atoms with van der Waals surface area (Å²) in [5, 5.41) is 9.06. The summed E-state index contributed by atoms with van der Waals surface area (Å²) in [6.45, 7) is 6.46. The molecule has 0 saturated heterocycles. The lowest BCUT2D eigenvalue weighted by molar-refractivity contribution is -0.138. The maximum Gasteiger partial charge on any atom is 0.304 e. The highest BCUT2D eigenvalue weighted by molar-refractivity contribution is 5.69. The molecule has 0 unspecified atom stereocenters. The van der Waals surface area contributed by atoms with Crippen molar-refractivity contribution in [3.63, 3.8) is 0 Å². The number of benzene rings is 1. The van der Waals surface area contributed by atoms with E-state index in [0.717, 1.165) is 0 Å². The molecule has 0 saturated carbocycles. The summed E-state index contributed by atoms with van der Waals surface area (Å²) in [4.78, 5) is 11.1. The third-order valence-electron chi connectivity index (χ3n) is 3.48. The first-order valence-electron chi connectivity index (χ1n) is 6.70. The lowest BCUT2D eigenvalue weighted by Crippen LogP contribution is -2.24. The van der Waals surface area contributed by atoms with Gasteiger partial charge < -0.3 is 14.6 Å². The van der Waals surface area contributed by atoms with E-state index < -0.39 is 17.1 Å². The molecule has 0 spiro atoms. The number of carbonyl (C=O) groups is 1. The van der Waals surface area contributed by atoms with E-state index in [1.54, 1.807) is 26.0 Å². The Morgan fingerprint density at radius 2 is 1.57 bits per heavy atom. The van der Waals surface area contributed by atoms with Crippen molar-refractivity contribution in [1.29, 1.82) is 0 Å².